The first-order valence-corrected chi connectivity index (χ1v) is 5.39. The van der Waals surface area contributed by atoms with E-state index in [9.17, 15) is 9.90 Å². The van der Waals surface area contributed by atoms with Gasteiger partial charge in [-0.3, -0.25) is 0 Å². The van der Waals surface area contributed by atoms with E-state index in [4.69, 9.17) is 11.5 Å². The van der Waals surface area contributed by atoms with E-state index in [1.807, 2.05) is 6.07 Å². The third-order valence-electron chi connectivity index (χ3n) is 2.70. The summed E-state index contributed by atoms with van der Waals surface area (Å²) in [5.41, 5.74) is 10.7. The van der Waals surface area contributed by atoms with E-state index in [1.165, 1.54) is 0 Å². The summed E-state index contributed by atoms with van der Waals surface area (Å²) in [6.07, 6.45) is 1.91. The summed E-state index contributed by atoms with van der Waals surface area (Å²) in [5, 5.41) is 9.23. The molecule has 4 heteroatoms. The number of rotatable bonds is 6. The Kier molecular flexibility index (Phi) is 4.46. The lowest BCUT2D eigenvalue weighted by Crippen LogP contribution is -2.44. The van der Waals surface area contributed by atoms with Gasteiger partial charge in [0.05, 0.1) is 0 Å². The van der Waals surface area contributed by atoms with Gasteiger partial charge in [-0.1, -0.05) is 30.3 Å². The summed E-state index contributed by atoms with van der Waals surface area (Å²) in [6.45, 7) is 0.560. The molecule has 5 N–H and O–H groups in total. The zero-order valence-electron chi connectivity index (χ0n) is 9.23. The van der Waals surface area contributed by atoms with Crippen molar-refractivity contribution in [1.82, 2.24) is 0 Å². The fourth-order valence-electron chi connectivity index (χ4n) is 1.66. The largest absolute Gasteiger partial charge is 0.480 e. The van der Waals surface area contributed by atoms with Crippen LogP contribution in [0.4, 0.5) is 0 Å². The van der Waals surface area contributed by atoms with Crippen molar-refractivity contribution in [1.29, 1.82) is 0 Å². The summed E-state index contributed by atoms with van der Waals surface area (Å²) >= 11 is 0. The Labute approximate surface area is 95.3 Å². The fourth-order valence-corrected chi connectivity index (χ4v) is 1.66. The molecule has 1 rings (SSSR count). The second kappa shape index (κ2) is 5.63. The average Bonchev–Trinajstić information content (AvgIpc) is 2.30. The number of aliphatic carboxylic acids is 1. The van der Waals surface area contributed by atoms with Crippen molar-refractivity contribution in [3.8, 4) is 0 Å². The van der Waals surface area contributed by atoms with Gasteiger partial charge in [0.1, 0.15) is 5.54 Å². The molecule has 0 aliphatic heterocycles. The highest BCUT2D eigenvalue weighted by molar-refractivity contribution is 5.80. The molecule has 0 heterocycles. The molecule has 0 saturated heterocycles. The molecule has 16 heavy (non-hydrogen) atoms. The van der Waals surface area contributed by atoms with Gasteiger partial charge in [0, 0.05) is 0 Å². The highest BCUT2D eigenvalue weighted by Gasteiger charge is 2.34. The minimum absolute atomic E-state index is 0.406. The molecular formula is C12H18N2O2. The SMILES string of the molecule is NCCCC[C@](N)(C(=O)O)c1ccccc1. The van der Waals surface area contributed by atoms with Crippen LogP contribution in [-0.4, -0.2) is 17.6 Å². The van der Waals surface area contributed by atoms with Crippen molar-refractivity contribution < 1.29 is 9.90 Å². The monoisotopic (exact) mass is 222 g/mol. The number of hydrogen-bond donors (Lipinski definition) is 3. The summed E-state index contributed by atoms with van der Waals surface area (Å²) in [5.74, 6) is -0.990. The zero-order chi connectivity index (χ0) is 12.0. The number of hydrogen-bond acceptors (Lipinski definition) is 3. The topological polar surface area (TPSA) is 89.3 Å². The Hall–Kier alpha value is -1.39. The van der Waals surface area contributed by atoms with Crippen LogP contribution in [0.1, 0.15) is 24.8 Å². The number of carboxylic acid groups (broad SMARTS) is 1. The lowest BCUT2D eigenvalue weighted by molar-refractivity contribution is -0.144. The maximum Gasteiger partial charge on any atom is 0.328 e. The second-order valence-corrected chi connectivity index (χ2v) is 3.89. The molecule has 0 aliphatic carbocycles. The van der Waals surface area contributed by atoms with Gasteiger partial charge in [0.2, 0.25) is 0 Å². The first-order valence-electron chi connectivity index (χ1n) is 5.39. The van der Waals surface area contributed by atoms with Crippen molar-refractivity contribution in [3.63, 3.8) is 0 Å². The van der Waals surface area contributed by atoms with Crippen molar-refractivity contribution in [2.75, 3.05) is 6.54 Å². The third-order valence-corrected chi connectivity index (χ3v) is 2.70. The van der Waals surface area contributed by atoms with Crippen LogP contribution in [0.3, 0.4) is 0 Å². The van der Waals surface area contributed by atoms with Crippen molar-refractivity contribution in [2.24, 2.45) is 11.5 Å². The maximum atomic E-state index is 11.3. The smallest absolute Gasteiger partial charge is 0.328 e. The Balaban J connectivity index is 2.85. The first-order chi connectivity index (χ1) is 7.61. The molecule has 88 valence electrons. The predicted octanol–water partition coefficient (Wildman–Crippen LogP) is 1.05. The van der Waals surface area contributed by atoms with Gasteiger partial charge in [0.15, 0.2) is 0 Å². The minimum atomic E-state index is -1.30. The average molecular weight is 222 g/mol. The molecule has 0 radical (unpaired) electrons. The number of unbranched alkanes of at least 4 members (excludes halogenated alkanes) is 1. The molecule has 0 fully saturated rings. The number of carboxylic acids is 1. The Morgan fingerprint density at radius 2 is 1.88 bits per heavy atom. The van der Waals surface area contributed by atoms with Gasteiger partial charge < -0.3 is 16.6 Å². The van der Waals surface area contributed by atoms with Crippen molar-refractivity contribution in [3.05, 3.63) is 35.9 Å². The van der Waals surface area contributed by atoms with Gasteiger partial charge in [-0.15, -0.1) is 0 Å². The fraction of sp³-hybridized carbons (Fsp3) is 0.417. The van der Waals surface area contributed by atoms with Gasteiger partial charge in [0.25, 0.3) is 0 Å². The van der Waals surface area contributed by atoms with Gasteiger partial charge >= 0.3 is 5.97 Å². The predicted molar refractivity (Wildman–Crippen MR) is 62.8 cm³/mol. The van der Waals surface area contributed by atoms with E-state index >= 15 is 0 Å². The molecule has 0 unspecified atom stereocenters. The maximum absolute atomic E-state index is 11.3. The van der Waals surface area contributed by atoms with Gasteiger partial charge in [-0.05, 0) is 31.4 Å². The standard InChI is InChI=1S/C12H18N2O2/c13-9-5-4-8-12(14,11(15)16)10-6-2-1-3-7-10/h1-3,6-7H,4-5,8-9,13-14H2,(H,15,16)/t12-/m1/s1. The quantitative estimate of drug-likeness (QED) is 0.628. The van der Waals surface area contributed by atoms with Crippen LogP contribution in [0.25, 0.3) is 0 Å². The normalized spacial score (nSPS) is 14.4. The lowest BCUT2D eigenvalue weighted by atomic mass is 9.86. The minimum Gasteiger partial charge on any atom is -0.480 e. The Morgan fingerprint density at radius 3 is 2.38 bits per heavy atom. The molecule has 0 bridgehead atoms. The Bertz CT molecular complexity index is 340. The summed E-state index contributed by atoms with van der Waals surface area (Å²) in [4.78, 5) is 11.3. The third kappa shape index (κ3) is 2.81. The number of nitrogens with two attached hydrogens (primary N) is 2. The highest BCUT2D eigenvalue weighted by atomic mass is 16.4. The molecule has 0 saturated carbocycles. The van der Waals surface area contributed by atoms with Crippen molar-refractivity contribution in [2.45, 2.75) is 24.8 Å². The molecule has 4 nitrogen and oxygen atoms in total. The van der Waals surface area contributed by atoms with Crippen LogP contribution in [-0.2, 0) is 10.3 Å². The molecule has 1 atom stereocenters. The summed E-state index contributed by atoms with van der Waals surface area (Å²) < 4.78 is 0. The van der Waals surface area contributed by atoms with Crippen LogP contribution in [0.15, 0.2) is 30.3 Å². The van der Waals surface area contributed by atoms with Crippen LogP contribution in [0.5, 0.6) is 0 Å². The zero-order valence-corrected chi connectivity index (χ0v) is 9.23. The van der Waals surface area contributed by atoms with Crippen LogP contribution >= 0.6 is 0 Å². The molecule has 0 spiro atoms. The lowest BCUT2D eigenvalue weighted by Gasteiger charge is -2.25. The van der Waals surface area contributed by atoms with Crippen molar-refractivity contribution >= 4 is 5.97 Å². The molecule has 0 amide bonds. The molecule has 0 aromatic heterocycles. The summed E-state index contributed by atoms with van der Waals surface area (Å²) in [7, 11) is 0. The second-order valence-electron chi connectivity index (χ2n) is 3.89. The molecule has 1 aromatic rings. The van der Waals surface area contributed by atoms with Gasteiger partial charge in [-0.25, -0.2) is 4.79 Å². The van der Waals surface area contributed by atoms with Crippen LogP contribution in [0, 0.1) is 0 Å². The van der Waals surface area contributed by atoms with E-state index in [0.717, 1.165) is 6.42 Å². The molecule has 1 aromatic carbocycles. The molecule has 0 aliphatic rings. The highest BCUT2D eigenvalue weighted by Crippen LogP contribution is 2.24. The van der Waals surface area contributed by atoms with Gasteiger partial charge in [-0.2, -0.15) is 0 Å². The van der Waals surface area contributed by atoms with E-state index in [1.54, 1.807) is 24.3 Å². The van der Waals surface area contributed by atoms with E-state index in [0.29, 0.717) is 24.9 Å². The van der Waals surface area contributed by atoms with Crippen LogP contribution < -0.4 is 11.5 Å². The molecular weight excluding hydrogens is 204 g/mol. The van der Waals surface area contributed by atoms with E-state index < -0.39 is 11.5 Å². The van der Waals surface area contributed by atoms with E-state index in [2.05, 4.69) is 0 Å². The van der Waals surface area contributed by atoms with E-state index in [-0.39, 0.29) is 0 Å². The summed E-state index contributed by atoms with van der Waals surface area (Å²) in [6, 6.07) is 8.92. The Morgan fingerprint density at radius 1 is 1.25 bits per heavy atom. The van der Waals surface area contributed by atoms with Crippen LogP contribution in [0.2, 0.25) is 0 Å². The number of carbonyl (C=O) groups is 1. The number of benzene rings is 1. The first kappa shape index (κ1) is 12.7.